The summed E-state index contributed by atoms with van der Waals surface area (Å²) < 4.78 is 4.86. The third kappa shape index (κ3) is 1.56. The van der Waals surface area contributed by atoms with Gasteiger partial charge in [0.25, 0.3) is 0 Å². The zero-order chi connectivity index (χ0) is 11.8. The van der Waals surface area contributed by atoms with Crippen molar-refractivity contribution in [3.05, 3.63) is 29.8 Å². The van der Waals surface area contributed by atoms with Crippen molar-refractivity contribution < 1.29 is 9.53 Å². The first-order valence-electron chi connectivity index (χ1n) is 5.51. The minimum atomic E-state index is -0.596. The number of para-hydroxylation sites is 1. The second-order valence-corrected chi connectivity index (χ2v) is 4.58. The van der Waals surface area contributed by atoms with Crippen molar-refractivity contribution in [1.82, 2.24) is 0 Å². The molecule has 1 aliphatic heterocycles. The van der Waals surface area contributed by atoms with E-state index in [-0.39, 0.29) is 5.97 Å². The molecule has 86 valence electrons. The minimum absolute atomic E-state index is 0.191. The van der Waals surface area contributed by atoms with Gasteiger partial charge in [0, 0.05) is 12.2 Å². The van der Waals surface area contributed by atoms with Crippen LogP contribution in [0.5, 0.6) is 0 Å². The molecule has 1 aliphatic rings. The molecule has 0 N–H and O–H groups in total. The van der Waals surface area contributed by atoms with Crippen molar-refractivity contribution in [3.63, 3.8) is 0 Å². The molecular weight excluding hydrogens is 202 g/mol. The van der Waals surface area contributed by atoms with Gasteiger partial charge < -0.3 is 9.64 Å². The molecule has 1 aromatic rings. The van der Waals surface area contributed by atoms with Crippen LogP contribution in [0.2, 0.25) is 0 Å². The molecule has 0 fully saturated rings. The number of carbonyl (C=O) groups excluding carboxylic acids is 1. The Morgan fingerprint density at radius 2 is 2.06 bits per heavy atom. The second kappa shape index (κ2) is 3.81. The lowest BCUT2D eigenvalue weighted by atomic mass is 10.0. The molecule has 0 spiro atoms. The van der Waals surface area contributed by atoms with Gasteiger partial charge in [0.1, 0.15) is 5.54 Å². The van der Waals surface area contributed by atoms with E-state index >= 15 is 0 Å². The zero-order valence-corrected chi connectivity index (χ0v) is 9.99. The van der Waals surface area contributed by atoms with E-state index in [9.17, 15) is 4.79 Å². The van der Waals surface area contributed by atoms with Crippen LogP contribution in [0.3, 0.4) is 0 Å². The summed E-state index contributed by atoms with van der Waals surface area (Å²) in [6.45, 7) is 4.68. The first-order valence-corrected chi connectivity index (χ1v) is 5.51. The summed E-state index contributed by atoms with van der Waals surface area (Å²) >= 11 is 0. The molecule has 0 amide bonds. The Kier molecular flexibility index (Phi) is 2.62. The number of hydrogen-bond acceptors (Lipinski definition) is 3. The molecule has 0 saturated heterocycles. The predicted octanol–water partition coefficient (Wildman–Crippen LogP) is 2.00. The third-order valence-corrected chi connectivity index (χ3v) is 3.25. The molecule has 0 aliphatic carbocycles. The van der Waals surface area contributed by atoms with Crippen LogP contribution in [0.4, 0.5) is 5.69 Å². The monoisotopic (exact) mass is 219 g/mol. The van der Waals surface area contributed by atoms with E-state index in [4.69, 9.17) is 4.74 Å². The standard InChI is InChI=1S/C13H17NO2/c1-13(2,12(15)16-3)14-9-8-10-6-4-5-7-11(10)14/h4-7H,8-9H2,1-3H3. The molecule has 0 unspecified atom stereocenters. The van der Waals surface area contributed by atoms with E-state index < -0.39 is 5.54 Å². The maximum atomic E-state index is 11.8. The fourth-order valence-electron chi connectivity index (χ4n) is 2.28. The molecule has 0 radical (unpaired) electrons. The van der Waals surface area contributed by atoms with Gasteiger partial charge in [0.15, 0.2) is 0 Å². The lowest BCUT2D eigenvalue weighted by molar-refractivity contribution is -0.145. The summed E-state index contributed by atoms with van der Waals surface area (Å²) in [7, 11) is 1.44. The van der Waals surface area contributed by atoms with E-state index in [0.717, 1.165) is 18.7 Å². The van der Waals surface area contributed by atoms with E-state index in [2.05, 4.69) is 17.0 Å². The topological polar surface area (TPSA) is 29.5 Å². The van der Waals surface area contributed by atoms with Crippen LogP contribution in [0.25, 0.3) is 0 Å². The average molecular weight is 219 g/mol. The number of benzene rings is 1. The fourth-order valence-corrected chi connectivity index (χ4v) is 2.28. The number of esters is 1. The van der Waals surface area contributed by atoms with Crippen molar-refractivity contribution >= 4 is 11.7 Å². The van der Waals surface area contributed by atoms with Crippen molar-refractivity contribution in [2.75, 3.05) is 18.6 Å². The highest BCUT2D eigenvalue weighted by molar-refractivity contribution is 5.85. The quantitative estimate of drug-likeness (QED) is 0.712. The zero-order valence-electron chi connectivity index (χ0n) is 9.99. The largest absolute Gasteiger partial charge is 0.467 e. The van der Waals surface area contributed by atoms with Gasteiger partial charge in [-0.3, -0.25) is 0 Å². The molecular formula is C13H17NO2. The Balaban J connectivity index is 2.35. The van der Waals surface area contributed by atoms with Crippen LogP contribution in [0, 0.1) is 0 Å². The van der Waals surface area contributed by atoms with Crippen molar-refractivity contribution in [2.24, 2.45) is 0 Å². The molecule has 3 nitrogen and oxygen atoms in total. The van der Waals surface area contributed by atoms with Gasteiger partial charge in [-0.25, -0.2) is 4.79 Å². The summed E-state index contributed by atoms with van der Waals surface area (Å²) in [6, 6.07) is 8.22. The van der Waals surface area contributed by atoms with Crippen LogP contribution in [-0.2, 0) is 16.0 Å². The van der Waals surface area contributed by atoms with Crippen molar-refractivity contribution in [1.29, 1.82) is 0 Å². The van der Waals surface area contributed by atoms with Gasteiger partial charge in [-0.05, 0) is 31.9 Å². The minimum Gasteiger partial charge on any atom is -0.467 e. The normalized spacial score (nSPS) is 14.8. The number of nitrogens with zero attached hydrogens (tertiary/aromatic N) is 1. The molecule has 2 rings (SSSR count). The fraction of sp³-hybridized carbons (Fsp3) is 0.462. The lowest BCUT2D eigenvalue weighted by Gasteiger charge is -2.35. The van der Waals surface area contributed by atoms with Crippen molar-refractivity contribution in [3.8, 4) is 0 Å². The van der Waals surface area contributed by atoms with E-state index in [1.54, 1.807) is 0 Å². The smallest absolute Gasteiger partial charge is 0.331 e. The summed E-state index contributed by atoms with van der Waals surface area (Å²) in [6.07, 6.45) is 0.997. The van der Waals surface area contributed by atoms with Gasteiger partial charge in [-0.15, -0.1) is 0 Å². The Hall–Kier alpha value is -1.51. The highest BCUT2D eigenvalue weighted by Gasteiger charge is 2.38. The molecule has 16 heavy (non-hydrogen) atoms. The van der Waals surface area contributed by atoms with Gasteiger partial charge in [-0.1, -0.05) is 18.2 Å². The first kappa shape index (κ1) is 11.0. The number of methoxy groups -OCH3 is 1. The van der Waals surface area contributed by atoms with Crippen LogP contribution >= 0.6 is 0 Å². The molecule has 1 heterocycles. The highest BCUT2D eigenvalue weighted by atomic mass is 16.5. The Morgan fingerprint density at radius 3 is 2.75 bits per heavy atom. The molecule has 3 heteroatoms. The highest BCUT2D eigenvalue weighted by Crippen LogP contribution is 2.33. The summed E-state index contributed by atoms with van der Waals surface area (Å²) in [5, 5.41) is 0. The Bertz CT molecular complexity index is 412. The number of rotatable bonds is 2. The number of ether oxygens (including phenoxy) is 1. The van der Waals surface area contributed by atoms with Crippen LogP contribution < -0.4 is 4.90 Å². The summed E-state index contributed by atoms with van der Waals surface area (Å²) in [4.78, 5) is 13.9. The maximum absolute atomic E-state index is 11.8. The van der Waals surface area contributed by atoms with E-state index in [0.29, 0.717) is 0 Å². The molecule has 1 aromatic carbocycles. The molecule has 0 bridgehead atoms. The van der Waals surface area contributed by atoms with Gasteiger partial charge in [0.2, 0.25) is 0 Å². The molecule has 0 saturated carbocycles. The SMILES string of the molecule is COC(=O)C(C)(C)N1CCc2ccccc21. The van der Waals surface area contributed by atoms with Gasteiger partial charge >= 0.3 is 5.97 Å². The number of fused-ring (bicyclic) bond motifs is 1. The summed E-state index contributed by atoms with van der Waals surface area (Å²) in [5.74, 6) is -0.191. The number of anilines is 1. The number of carbonyl (C=O) groups is 1. The first-order chi connectivity index (χ1) is 7.57. The second-order valence-electron chi connectivity index (χ2n) is 4.58. The lowest BCUT2D eigenvalue weighted by Crippen LogP contribution is -2.50. The van der Waals surface area contributed by atoms with Crippen LogP contribution in [-0.4, -0.2) is 25.2 Å². The van der Waals surface area contributed by atoms with Crippen molar-refractivity contribution in [2.45, 2.75) is 25.8 Å². The van der Waals surface area contributed by atoms with Gasteiger partial charge in [-0.2, -0.15) is 0 Å². The maximum Gasteiger partial charge on any atom is 0.331 e. The Morgan fingerprint density at radius 1 is 1.38 bits per heavy atom. The predicted molar refractivity (Wildman–Crippen MR) is 63.6 cm³/mol. The van der Waals surface area contributed by atoms with Crippen LogP contribution in [0.1, 0.15) is 19.4 Å². The summed E-state index contributed by atoms with van der Waals surface area (Å²) in [5.41, 5.74) is 1.86. The van der Waals surface area contributed by atoms with E-state index in [1.807, 2.05) is 26.0 Å². The van der Waals surface area contributed by atoms with Gasteiger partial charge in [0.05, 0.1) is 7.11 Å². The van der Waals surface area contributed by atoms with Crippen LogP contribution in [0.15, 0.2) is 24.3 Å². The number of hydrogen-bond donors (Lipinski definition) is 0. The molecule has 0 aromatic heterocycles. The average Bonchev–Trinajstić information content (AvgIpc) is 2.72. The van der Waals surface area contributed by atoms with E-state index in [1.165, 1.54) is 12.7 Å². The Labute approximate surface area is 96.0 Å². The third-order valence-electron chi connectivity index (χ3n) is 3.25. The molecule has 0 atom stereocenters.